The Labute approximate surface area is 177 Å². The first-order valence-electron chi connectivity index (χ1n) is 8.69. The fraction of sp³-hybridized carbons (Fsp3) is 0.150. The number of rotatable bonds is 7. The van der Waals surface area contributed by atoms with Crippen molar-refractivity contribution < 1.29 is 14.0 Å². The van der Waals surface area contributed by atoms with Crippen molar-refractivity contribution in [1.82, 2.24) is 15.6 Å². The van der Waals surface area contributed by atoms with Crippen molar-refractivity contribution in [2.45, 2.75) is 6.54 Å². The molecule has 0 spiro atoms. The van der Waals surface area contributed by atoms with Crippen LogP contribution < -0.4 is 16.0 Å². The minimum atomic E-state index is -0.300. The highest BCUT2D eigenvalue weighted by Gasteiger charge is 2.13. The smallest absolute Gasteiger partial charge is 0.253 e. The lowest BCUT2D eigenvalue weighted by molar-refractivity contribution is -0.115. The highest BCUT2D eigenvalue weighted by Crippen LogP contribution is 2.30. The number of halogens is 2. The number of para-hydroxylation sites is 1. The topological polar surface area (TPSA) is 96.3 Å². The van der Waals surface area contributed by atoms with Crippen LogP contribution in [-0.4, -0.2) is 30.4 Å². The van der Waals surface area contributed by atoms with Gasteiger partial charge in [0, 0.05) is 17.6 Å². The van der Waals surface area contributed by atoms with Crippen molar-refractivity contribution >= 4 is 40.7 Å². The molecule has 0 aliphatic carbocycles. The number of nitrogens with zero attached hydrogens (tertiary/aromatic N) is 1. The van der Waals surface area contributed by atoms with E-state index in [1.54, 1.807) is 48.7 Å². The number of hydrogen-bond acceptors (Lipinski definition) is 5. The molecule has 0 radical (unpaired) electrons. The number of carbonyl (C=O) groups is 2. The van der Waals surface area contributed by atoms with E-state index in [-0.39, 0.29) is 24.9 Å². The molecule has 0 aliphatic heterocycles. The molecule has 2 amide bonds. The van der Waals surface area contributed by atoms with E-state index in [1.807, 2.05) is 0 Å². The van der Waals surface area contributed by atoms with Crippen molar-refractivity contribution in [3.63, 3.8) is 0 Å². The fourth-order valence-corrected chi connectivity index (χ4v) is 2.99. The van der Waals surface area contributed by atoms with Gasteiger partial charge in [-0.3, -0.25) is 14.9 Å². The number of aromatic nitrogens is 1. The van der Waals surface area contributed by atoms with Crippen LogP contribution in [0.25, 0.3) is 11.3 Å². The number of anilines is 1. The molecule has 0 saturated heterocycles. The van der Waals surface area contributed by atoms with E-state index in [2.05, 4.69) is 20.9 Å². The summed E-state index contributed by atoms with van der Waals surface area (Å²) in [5, 5.41) is 9.23. The summed E-state index contributed by atoms with van der Waals surface area (Å²) in [6.45, 7) is 0.250. The van der Waals surface area contributed by atoms with Gasteiger partial charge in [0.15, 0.2) is 5.76 Å². The van der Waals surface area contributed by atoms with Crippen LogP contribution in [-0.2, 0) is 11.3 Å². The molecule has 0 bridgehead atoms. The zero-order chi connectivity index (χ0) is 20.8. The summed E-state index contributed by atoms with van der Waals surface area (Å²) >= 11 is 12.2. The second-order valence-corrected chi connectivity index (χ2v) is 6.86. The highest BCUT2D eigenvalue weighted by molar-refractivity contribution is 6.35. The number of amides is 2. The molecule has 0 aliphatic rings. The maximum Gasteiger partial charge on any atom is 0.253 e. The van der Waals surface area contributed by atoms with Crippen molar-refractivity contribution in [3.8, 4) is 11.3 Å². The maximum atomic E-state index is 12.2. The van der Waals surface area contributed by atoms with Gasteiger partial charge in [0.05, 0.1) is 35.6 Å². The second kappa shape index (κ2) is 9.56. The summed E-state index contributed by atoms with van der Waals surface area (Å²) in [6.07, 6.45) is 1.55. The van der Waals surface area contributed by atoms with E-state index in [0.717, 1.165) is 0 Å². The molecule has 3 rings (SSSR count). The SMILES string of the molecule is CNC(=O)c1ccccc1NC(=O)CNCc1ncc(-c2cc(Cl)ccc2Cl)o1. The van der Waals surface area contributed by atoms with Gasteiger partial charge in [-0.25, -0.2) is 4.98 Å². The molecule has 1 aromatic heterocycles. The zero-order valence-corrected chi connectivity index (χ0v) is 17.0. The Morgan fingerprint density at radius 2 is 1.93 bits per heavy atom. The van der Waals surface area contributed by atoms with Gasteiger partial charge >= 0.3 is 0 Å². The van der Waals surface area contributed by atoms with E-state index in [0.29, 0.717) is 38.5 Å². The van der Waals surface area contributed by atoms with E-state index >= 15 is 0 Å². The lowest BCUT2D eigenvalue weighted by atomic mass is 10.1. The minimum absolute atomic E-state index is 0.0116. The van der Waals surface area contributed by atoms with E-state index in [9.17, 15) is 9.59 Å². The average molecular weight is 433 g/mol. The Bertz CT molecular complexity index is 1040. The van der Waals surface area contributed by atoms with Crippen LogP contribution in [0.1, 0.15) is 16.2 Å². The van der Waals surface area contributed by atoms with Gasteiger partial charge in [0.25, 0.3) is 5.91 Å². The quantitative estimate of drug-likeness (QED) is 0.528. The Hall–Kier alpha value is -2.87. The molecule has 3 aromatic rings. The van der Waals surface area contributed by atoms with E-state index < -0.39 is 0 Å². The number of nitrogens with one attached hydrogen (secondary N) is 3. The predicted molar refractivity (Wildman–Crippen MR) is 112 cm³/mol. The Morgan fingerprint density at radius 1 is 1.14 bits per heavy atom. The molecule has 150 valence electrons. The van der Waals surface area contributed by atoms with Gasteiger partial charge in [0.2, 0.25) is 11.8 Å². The van der Waals surface area contributed by atoms with Crippen molar-refractivity contribution in [1.29, 1.82) is 0 Å². The van der Waals surface area contributed by atoms with Gasteiger partial charge in [-0.15, -0.1) is 0 Å². The van der Waals surface area contributed by atoms with Crippen molar-refractivity contribution in [2.75, 3.05) is 18.9 Å². The Kier molecular flexibility index (Phi) is 6.87. The van der Waals surface area contributed by atoms with E-state index in [4.69, 9.17) is 27.6 Å². The summed E-state index contributed by atoms with van der Waals surface area (Å²) in [7, 11) is 1.53. The molecule has 1 heterocycles. The average Bonchev–Trinajstić information content (AvgIpc) is 3.18. The summed E-state index contributed by atoms with van der Waals surface area (Å²) < 4.78 is 5.67. The standard InChI is InChI=1S/C20H18Cl2N4O3/c1-23-20(28)13-4-2-3-5-16(13)26-18(27)10-24-11-19-25-9-17(29-19)14-8-12(21)6-7-15(14)22/h2-9,24H,10-11H2,1H3,(H,23,28)(H,26,27). The third-order valence-corrected chi connectivity index (χ3v) is 4.55. The summed E-state index contributed by atoms with van der Waals surface area (Å²) in [5.41, 5.74) is 1.47. The van der Waals surface area contributed by atoms with Crippen LogP contribution >= 0.6 is 23.2 Å². The molecule has 2 aromatic carbocycles. The minimum Gasteiger partial charge on any atom is -0.439 e. The highest BCUT2D eigenvalue weighted by atomic mass is 35.5. The molecule has 0 fully saturated rings. The lowest BCUT2D eigenvalue weighted by Gasteiger charge is -2.10. The molecule has 0 unspecified atom stereocenters. The maximum absolute atomic E-state index is 12.2. The van der Waals surface area contributed by atoms with Crippen LogP contribution in [0.5, 0.6) is 0 Å². The van der Waals surface area contributed by atoms with Crippen LogP contribution in [0.15, 0.2) is 53.1 Å². The summed E-state index contributed by atoms with van der Waals surface area (Å²) in [4.78, 5) is 28.2. The first kappa shape index (κ1) is 20.9. The lowest BCUT2D eigenvalue weighted by Crippen LogP contribution is -2.29. The molecule has 3 N–H and O–H groups in total. The van der Waals surface area contributed by atoms with Gasteiger partial charge in [-0.05, 0) is 30.3 Å². The monoisotopic (exact) mass is 432 g/mol. The number of oxazole rings is 1. The molecule has 29 heavy (non-hydrogen) atoms. The molecular weight excluding hydrogens is 415 g/mol. The molecule has 9 heteroatoms. The number of carbonyl (C=O) groups excluding carboxylic acids is 2. The van der Waals surface area contributed by atoms with Gasteiger partial charge in [-0.2, -0.15) is 0 Å². The summed E-state index contributed by atoms with van der Waals surface area (Å²) in [5.74, 6) is 0.305. The van der Waals surface area contributed by atoms with Crippen molar-refractivity contribution in [3.05, 3.63) is 70.2 Å². The molecular formula is C20H18Cl2N4O3. The Morgan fingerprint density at radius 3 is 2.72 bits per heavy atom. The van der Waals surface area contributed by atoms with Crippen LogP contribution in [0, 0.1) is 0 Å². The largest absolute Gasteiger partial charge is 0.439 e. The van der Waals surface area contributed by atoms with Gasteiger partial charge in [-0.1, -0.05) is 35.3 Å². The molecule has 0 saturated carbocycles. The van der Waals surface area contributed by atoms with Crippen molar-refractivity contribution in [2.24, 2.45) is 0 Å². The predicted octanol–water partition coefficient (Wildman–Crippen LogP) is 3.74. The van der Waals surface area contributed by atoms with E-state index in [1.165, 1.54) is 7.05 Å². The molecule has 7 nitrogen and oxygen atoms in total. The van der Waals surface area contributed by atoms with Crippen LogP contribution in [0.2, 0.25) is 10.0 Å². The third-order valence-electron chi connectivity index (χ3n) is 3.98. The fourth-order valence-electron chi connectivity index (χ4n) is 2.60. The van der Waals surface area contributed by atoms with Crippen LogP contribution in [0.4, 0.5) is 5.69 Å². The second-order valence-electron chi connectivity index (χ2n) is 6.02. The first-order chi connectivity index (χ1) is 14.0. The number of hydrogen-bond donors (Lipinski definition) is 3. The summed E-state index contributed by atoms with van der Waals surface area (Å²) in [6, 6.07) is 11.8. The third kappa shape index (κ3) is 5.35. The molecule has 0 atom stereocenters. The van der Waals surface area contributed by atoms with Gasteiger partial charge in [0.1, 0.15) is 0 Å². The first-order valence-corrected chi connectivity index (χ1v) is 9.45. The van der Waals surface area contributed by atoms with Gasteiger partial charge < -0.3 is 15.1 Å². The normalized spacial score (nSPS) is 10.6. The van der Waals surface area contributed by atoms with Crippen LogP contribution in [0.3, 0.4) is 0 Å². The Balaban J connectivity index is 1.56. The number of benzene rings is 2. The zero-order valence-electron chi connectivity index (χ0n) is 15.5.